The van der Waals surface area contributed by atoms with E-state index >= 15 is 0 Å². The van der Waals surface area contributed by atoms with Gasteiger partial charge in [0.1, 0.15) is 0 Å². The van der Waals surface area contributed by atoms with Gasteiger partial charge in [0.05, 0.1) is 11.4 Å². The summed E-state index contributed by atoms with van der Waals surface area (Å²) in [5, 5.41) is 15.2. The topological polar surface area (TPSA) is 38.0 Å². The second-order valence-electron chi connectivity index (χ2n) is 5.62. The maximum absolute atomic E-state index is 10.6. The quantitative estimate of drug-likeness (QED) is 0.775. The van der Waals surface area contributed by atoms with Gasteiger partial charge in [-0.1, -0.05) is 48.9 Å². The minimum Gasteiger partial charge on any atom is -0.493 e. The predicted molar refractivity (Wildman–Crippen MR) is 89.5 cm³/mol. The Balaban J connectivity index is 2.16. The lowest BCUT2D eigenvalue weighted by molar-refractivity contribution is 0.428. The van der Waals surface area contributed by atoms with E-state index in [1.54, 1.807) is 4.68 Å². The fourth-order valence-electron chi connectivity index (χ4n) is 2.65. The van der Waals surface area contributed by atoms with Crippen molar-refractivity contribution in [2.24, 2.45) is 0 Å². The molecule has 3 rings (SSSR count). The first-order chi connectivity index (χ1) is 10.6. The Labute approximate surface area is 130 Å². The number of aromatic nitrogens is 2. The maximum Gasteiger partial charge on any atom is 0.218 e. The molecule has 3 heteroatoms. The molecule has 0 atom stereocenters. The third kappa shape index (κ3) is 2.50. The molecule has 0 aliphatic rings. The molecular formula is C19H20N2O. The molecule has 1 N–H and O–H groups in total. The maximum atomic E-state index is 10.6. The van der Waals surface area contributed by atoms with Gasteiger partial charge < -0.3 is 5.11 Å². The first-order valence-electron chi connectivity index (χ1n) is 7.55. The van der Waals surface area contributed by atoms with Gasteiger partial charge in [0.25, 0.3) is 0 Å². The third-order valence-electron chi connectivity index (χ3n) is 3.88. The summed E-state index contributed by atoms with van der Waals surface area (Å²) in [4.78, 5) is 0. The van der Waals surface area contributed by atoms with Crippen LogP contribution in [0.4, 0.5) is 0 Å². The smallest absolute Gasteiger partial charge is 0.218 e. The number of benzene rings is 2. The van der Waals surface area contributed by atoms with Crippen molar-refractivity contribution in [3.63, 3.8) is 0 Å². The molecule has 2 aromatic carbocycles. The molecule has 0 saturated heterocycles. The molecule has 3 aromatic rings. The molecule has 0 fully saturated rings. The van der Waals surface area contributed by atoms with Gasteiger partial charge >= 0.3 is 0 Å². The molecule has 22 heavy (non-hydrogen) atoms. The number of rotatable bonds is 3. The van der Waals surface area contributed by atoms with Crippen molar-refractivity contribution in [2.75, 3.05) is 0 Å². The van der Waals surface area contributed by atoms with E-state index in [-0.39, 0.29) is 5.88 Å². The predicted octanol–water partition coefficient (Wildman–Crippen LogP) is 4.42. The molecule has 0 saturated carbocycles. The Morgan fingerprint density at radius 1 is 1.00 bits per heavy atom. The fraction of sp³-hybridized carbons (Fsp3) is 0.211. The van der Waals surface area contributed by atoms with Gasteiger partial charge in [0.2, 0.25) is 5.88 Å². The number of hydrogen-bond acceptors (Lipinski definition) is 2. The van der Waals surface area contributed by atoms with E-state index in [1.165, 1.54) is 5.56 Å². The Morgan fingerprint density at radius 2 is 1.73 bits per heavy atom. The molecule has 3 nitrogen and oxygen atoms in total. The highest BCUT2D eigenvalue weighted by Gasteiger charge is 2.18. The molecule has 0 amide bonds. The minimum atomic E-state index is 0.226. The molecule has 112 valence electrons. The minimum absolute atomic E-state index is 0.226. The fourth-order valence-corrected chi connectivity index (χ4v) is 2.65. The van der Waals surface area contributed by atoms with Crippen molar-refractivity contribution in [3.05, 3.63) is 65.2 Å². The molecule has 1 aromatic heterocycles. The van der Waals surface area contributed by atoms with Crippen LogP contribution < -0.4 is 0 Å². The summed E-state index contributed by atoms with van der Waals surface area (Å²) in [6, 6.07) is 16.2. The molecule has 0 bridgehead atoms. The van der Waals surface area contributed by atoms with Crippen molar-refractivity contribution in [2.45, 2.75) is 27.2 Å². The average Bonchev–Trinajstić information content (AvgIpc) is 2.85. The van der Waals surface area contributed by atoms with Crippen molar-refractivity contribution < 1.29 is 5.11 Å². The highest BCUT2D eigenvalue weighted by Crippen LogP contribution is 2.32. The van der Waals surface area contributed by atoms with Gasteiger partial charge in [-0.05, 0) is 38.0 Å². The van der Waals surface area contributed by atoms with Crippen molar-refractivity contribution in [1.82, 2.24) is 9.78 Å². The summed E-state index contributed by atoms with van der Waals surface area (Å²) in [6.45, 7) is 6.13. The average molecular weight is 292 g/mol. The number of hydrogen-bond donors (Lipinski definition) is 1. The molecular weight excluding hydrogens is 272 g/mol. The Kier molecular flexibility index (Phi) is 3.72. The molecule has 0 radical (unpaired) electrons. The van der Waals surface area contributed by atoms with Crippen LogP contribution in [0.15, 0.2) is 48.5 Å². The van der Waals surface area contributed by atoms with E-state index in [2.05, 4.69) is 36.3 Å². The van der Waals surface area contributed by atoms with Gasteiger partial charge in [-0.15, -0.1) is 0 Å². The number of nitrogens with zero attached hydrogens (tertiary/aromatic N) is 2. The monoisotopic (exact) mass is 292 g/mol. The van der Waals surface area contributed by atoms with Crippen LogP contribution in [0.25, 0.3) is 16.9 Å². The highest BCUT2D eigenvalue weighted by atomic mass is 16.3. The van der Waals surface area contributed by atoms with Crippen LogP contribution in [-0.2, 0) is 6.42 Å². The molecule has 0 unspecified atom stereocenters. The zero-order chi connectivity index (χ0) is 15.7. The summed E-state index contributed by atoms with van der Waals surface area (Å²) in [7, 11) is 0. The molecule has 1 heterocycles. The van der Waals surface area contributed by atoms with E-state index in [0.29, 0.717) is 0 Å². The lowest BCUT2D eigenvalue weighted by Gasteiger charge is -2.04. The van der Waals surface area contributed by atoms with Crippen LogP contribution in [0.2, 0.25) is 0 Å². The van der Waals surface area contributed by atoms with E-state index < -0.39 is 0 Å². The van der Waals surface area contributed by atoms with Crippen molar-refractivity contribution in [1.29, 1.82) is 0 Å². The number of aromatic hydroxyl groups is 1. The molecule has 0 aliphatic carbocycles. The van der Waals surface area contributed by atoms with Crippen LogP contribution in [0.3, 0.4) is 0 Å². The van der Waals surface area contributed by atoms with Crippen molar-refractivity contribution >= 4 is 0 Å². The van der Waals surface area contributed by atoms with Crippen LogP contribution in [0.1, 0.15) is 23.6 Å². The SMILES string of the molecule is CCc1c(-c2ccc(C)cc2)nn(-c2cccc(C)c2)c1O. The summed E-state index contributed by atoms with van der Waals surface area (Å²) in [5.41, 5.74) is 5.99. The first kappa shape index (κ1) is 14.4. The highest BCUT2D eigenvalue weighted by molar-refractivity contribution is 5.66. The van der Waals surface area contributed by atoms with E-state index in [0.717, 1.165) is 34.5 Å². The van der Waals surface area contributed by atoms with Crippen LogP contribution in [-0.4, -0.2) is 14.9 Å². The van der Waals surface area contributed by atoms with Crippen LogP contribution in [0, 0.1) is 13.8 Å². The molecule has 0 aliphatic heterocycles. The Bertz CT molecular complexity index is 801. The lowest BCUT2D eigenvalue weighted by atomic mass is 10.0. The Morgan fingerprint density at radius 3 is 2.36 bits per heavy atom. The normalized spacial score (nSPS) is 10.9. The second kappa shape index (κ2) is 5.68. The summed E-state index contributed by atoms with van der Waals surface area (Å²) < 4.78 is 1.63. The number of aryl methyl sites for hydroxylation is 2. The van der Waals surface area contributed by atoms with Gasteiger partial charge in [0, 0.05) is 11.1 Å². The largest absolute Gasteiger partial charge is 0.493 e. The van der Waals surface area contributed by atoms with E-state index in [4.69, 9.17) is 0 Å². The van der Waals surface area contributed by atoms with Gasteiger partial charge in [-0.2, -0.15) is 5.10 Å². The lowest BCUT2D eigenvalue weighted by Crippen LogP contribution is -1.96. The zero-order valence-corrected chi connectivity index (χ0v) is 13.2. The van der Waals surface area contributed by atoms with Crippen LogP contribution in [0.5, 0.6) is 5.88 Å². The summed E-state index contributed by atoms with van der Waals surface area (Å²) in [5.74, 6) is 0.226. The molecule has 0 spiro atoms. The van der Waals surface area contributed by atoms with Gasteiger partial charge in [-0.3, -0.25) is 0 Å². The summed E-state index contributed by atoms with van der Waals surface area (Å²) in [6.07, 6.45) is 0.737. The zero-order valence-electron chi connectivity index (χ0n) is 13.2. The summed E-state index contributed by atoms with van der Waals surface area (Å²) >= 11 is 0. The third-order valence-corrected chi connectivity index (χ3v) is 3.88. The second-order valence-corrected chi connectivity index (χ2v) is 5.62. The van der Waals surface area contributed by atoms with Crippen molar-refractivity contribution in [3.8, 4) is 22.8 Å². The van der Waals surface area contributed by atoms with Gasteiger partial charge in [0.15, 0.2) is 0 Å². The standard InChI is InChI=1S/C19H20N2O/c1-4-17-18(15-10-8-13(2)9-11-15)20-21(19(17)22)16-7-5-6-14(3)12-16/h5-12,22H,4H2,1-3H3. The first-order valence-corrected chi connectivity index (χ1v) is 7.55. The van der Waals surface area contributed by atoms with Gasteiger partial charge in [-0.25, -0.2) is 4.68 Å². The Hall–Kier alpha value is -2.55. The van der Waals surface area contributed by atoms with E-state index in [1.807, 2.05) is 38.1 Å². The van der Waals surface area contributed by atoms with E-state index in [9.17, 15) is 5.11 Å². The van der Waals surface area contributed by atoms with Crippen LogP contribution >= 0.6 is 0 Å².